The maximum atomic E-state index is 13.6. The van der Waals surface area contributed by atoms with Crippen molar-refractivity contribution in [1.29, 1.82) is 0 Å². The van der Waals surface area contributed by atoms with Gasteiger partial charge in [0.25, 0.3) is 0 Å². The second-order valence-electron chi connectivity index (χ2n) is 10.5. The molecule has 1 N–H and O–H groups in total. The Balaban J connectivity index is 1.48. The number of benzene rings is 3. The Bertz CT molecular complexity index is 1140. The number of carbonyl (C=O) groups is 1. The second kappa shape index (κ2) is 11.7. The van der Waals surface area contributed by atoms with Gasteiger partial charge in [0.1, 0.15) is 12.2 Å². The van der Waals surface area contributed by atoms with Crippen LogP contribution in [0.2, 0.25) is 0 Å². The number of nitrogens with zero attached hydrogens (tertiary/aromatic N) is 1. The van der Waals surface area contributed by atoms with E-state index in [-0.39, 0.29) is 19.0 Å². The van der Waals surface area contributed by atoms with Gasteiger partial charge in [-0.05, 0) is 56.2 Å². The molecule has 200 valence electrons. The summed E-state index contributed by atoms with van der Waals surface area (Å²) >= 11 is 0. The van der Waals surface area contributed by atoms with Gasteiger partial charge in [-0.2, -0.15) is 0 Å². The van der Waals surface area contributed by atoms with Gasteiger partial charge in [-0.15, -0.1) is 0 Å². The third-order valence-electron chi connectivity index (χ3n) is 7.65. The predicted molar refractivity (Wildman–Crippen MR) is 146 cm³/mol. The highest BCUT2D eigenvalue weighted by molar-refractivity contribution is 5.69. The lowest BCUT2D eigenvalue weighted by Crippen LogP contribution is -2.50. The van der Waals surface area contributed by atoms with Gasteiger partial charge in [0.2, 0.25) is 0 Å². The zero-order valence-corrected chi connectivity index (χ0v) is 22.2. The average Bonchev–Trinajstić information content (AvgIpc) is 3.37. The molecule has 0 saturated carbocycles. The molecule has 1 unspecified atom stereocenters. The van der Waals surface area contributed by atoms with E-state index >= 15 is 0 Å². The lowest BCUT2D eigenvalue weighted by molar-refractivity contribution is -0.185. The molecule has 3 aromatic carbocycles. The van der Waals surface area contributed by atoms with Gasteiger partial charge in [-0.3, -0.25) is 4.90 Å². The molecule has 2 aliphatic heterocycles. The number of ether oxygens (including phenoxy) is 3. The quantitative estimate of drug-likeness (QED) is 0.427. The lowest BCUT2D eigenvalue weighted by atomic mass is 9.78. The fraction of sp³-hybridized carbons (Fsp3) is 0.406. The molecule has 5 rings (SSSR count). The van der Waals surface area contributed by atoms with E-state index < -0.39 is 17.7 Å². The summed E-state index contributed by atoms with van der Waals surface area (Å²) in [7, 11) is 0. The van der Waals surface area contributed by atoms with Crippen LogP contribution in [0.4, 0.5) is 4.79 Å². The first-order valence-electron chi connectivity index (χ1n) is 13.5. The lowest BCUT2D eigenvalue weighted by Gasteiger charge is -2.39. The van der Waals surface area contributed by atoms with Crippen LogP contribution in [0.25, 0.3) is 0 Å². The van der Waals surface area contributed by atoms with E-state index in [1.807, 2.05) is 92.7 Å². The van der Waals surface area contributed by atoms with Crippen molar-refractivity contribution in [1.82, 2.24) is 4.90 Å². The maximum absolute atomic E-state index is 13.6. The summed E-state index contributed by atoms with van der Waals surface area (Å²) in [5.74, 6) is 0. The SMILES string of the molecule is Cc1ccc(C(O)(c2ccc(C)cc2)[C@@H]2C[C@@H](OC3CCCCO3)CN2C(=O)OCc2ccccc2)cc1. The molecule has 2 saturated heterocycles. The number of hydrogen-bond acceptors (Lipinski definition) is 5. The molecule has 2 aliphatic rings. The number of likely N-dealkylation sites (tertiary alicyclic amines) is 1. The van der Waals surface area contributed by atoms with Crippen molar-refractivity contribution in [3.05, 3.63) is 107 Å². The van der Waals surface area contributed by atoms with Crippen LogP contribution in [-0.4, -0.2) is 47.7 Å². The van der Waals surface area contributed by atoms with Gasteiger partial charge in [0.05, 0.1) is 18.7 Å². The number of aryl methyl sites for hydroxylation is 2. The van der Waals surface area contributed by atoms with Crippen LogP contribution in [0, 0.1) is 13.8 Å². The first kappa shape index (κ1) is 26.4. The highest BCUT2D eigenvalue weighted by Crippen LogP contribution is 2.42. The summed E-state index contributed by atoms with van der Waals surface area (Å²) in [6, 6.07) is 24.8. The molecular formula is C32H37NO5. The fourth-order valence-corrected chi connectivity index (χ4v) is 5.50. The zero-order chi connectivity index (χ0) is 26.5. The molecular weight excluding hydrogens is 478 g/mol. The molecule has 0 bridgehead atoms. The average molecular weight is 516 g/mol. The number of rotatable bonds is 7. The standard InChI is InChI=1S/C32H37NO5/c1-23-11-15-26(16-12-23)32(35,27-17-13-24(2)14-18-27)29-20-28(38-30-10-6-7-19-36-30)21-33(29)31(34)37-22-25-8-4-3-5-9-25/h3-5,8-9,11-18,28-30,35H,6-7,10,19-22H2,1-2H3/t28-,29+,30?/m1/s1. The van der Waals surface area contributed by atoms with Crippen LogP contribution >= 0.6 is 0 Å². The van der Waals surface area contributed by atoms with Gasteiger partial charge < -0.3 is 19.3 Å². The molecule has 38 heavy (non-hydrogen) atoms. The Hall–Kier alpha value is -3.19. The third kappa shape index (κ3) is 5.78. The van der Waals surface area contributed by atoms with Crippen molar-refractivity contribution < 1.29 is 24.1 Å². The molecule has 0 radical (unpaired) electrons. The predicted octanol–water partition coefficient (Wildman–Crippen LogP) is 5.86. The Morgan fingerprint density at radius 2 is 1.58 bits per heavy atom. The Morgan fingerprint density at radius 1 is 0.947 bits per heavy atom. The largest absolute Gasteiger partial charge is 0.445 e. The molecule has 3 atom stereocenters. The summed E-state index contributed by atoms with van der Waals surface area (Å²) in [4.78, 5) is 15.2. The van der Waals surface area contributed by atoms with Gasteiger partial charge >= 0.3 is 6.09 Å². The minimum atomic E-state index is -1.46. The Morgan fingerprint density at radius 3 is 2.16 bits per heavy atom. The third-order valence-corrected chi connectivity index (χ3v) is 7.65. The van der Waals surface area contributed by atoms with E-state index in [0.717, 1.165) is 47.1 Å². The highest BCUT2D eigenvalue weighted by Gasteiger charge is 2.51. The number of hydrogen-bond donors (Lipinski definition) is 1. The smallest absolute Gasteiger partial charge is 0.410 e. The molecule has 2 fully saturated rings. The first-order valence-corrected chi connectivity index (χ1v) is 13.5. The van der Waals surface area contributed by atoms with Crippen molar-refractivity contribution in [2.75, 3.05) is 13.2 Å². The summed E-state index contributed by atoms with van der Waals surface area (Å²) in [6.07, 6.45) is 2.34. The maximum Gasteiger partial charge on any atom is 0.410 e. The van der Waals surface area contributed by atoms with Gasteiger partial charge in [-0.1, -0.05) is 90.0 Å². The van der Waals surface area contributed by atoms with Gasteiger partial charge in [-0.25, -0.2) is 4.79 Å². The summed E-state index contributed by atoms with van der Waals surface area (Å²) in [6.45, 7) is 5.20. The van der Waals surface area contributed by atoms with Crippen LogP contribution in [-0.2, 0) is 26.4 Å². The highest BCUT2D eigenvalue weighted by atomic mass is 16.7. The molecule has 6 heteroatoms. The number of carbonyl (C=O) groups excluding carboxylic acids is 1. The van der Waals surface area contributed by atoms with Crippen molar-refractivity contribution in [3.63, 3.8) is 0 Å². The van der Waals surface area contributed by atoms with Gasteiger partial charge in [0.15, 0.2) is 6.29 Å². The topological polar surface area (TPSA) is 68.2 Å². The molecule has 0 aromatic heterocycles. The van der Waals surface area contributed by atoms with E-state index in [4.69, 9.17) is 14.2 Å². The van der Waals surface area contributed by atoms with Crippen LogP contribution < -0.4 is 0 Å². The molecule has 1 amide bonds. The van der Waals surface area contributed by atoms with E-state index in [2.05, 4.69) is 0 Å². The van der Waals surface area contributed by atoms with Crippen molar-refractivity contribution in [2.45, 2.75) is 70.2 Å². The monoisotopic (exact) mass is 515 g/mol. The van der Waals surface area contributed by atoms with Crippen LogP contribution in [0.15, 0.2) is 78.9 Å². The Labute approximate surface area is 225 Å². The molecule has 0 spiro atoms. The summed E-state index contributed by atoms with van der Waals surface area (Å²) in [5.41, 5.74) is 3.10. The van der Waals surface area contributed by atoms with E-state index in [9.17, 15) is 9.90 Å². The van der Waals surface area contributed by atoms with Crippen molar-refractivity contribution >= 4 is 6.09 Å². The molecule has 6 nitrogen and oxygen atoms in total. The van der Waals surface area contributed by atoms with Crippen LogP contribution in [0.5, 0.6) is 0 Å². The van der Waals surface area contributed by atoms with E-state index in [1.165, 1.54) is 0 Å². The summed E-state index contributed by atoms with van der Waals surface area (Å²) < 4.78 is 18.0. The minimum absolute atomic E-state index is 0.160. The number of aliphatic hydroxyl groups is 1. The molecule has 2 heterocycles. The van der Waals surface area contributed by atoms with E-state index in [1.54, 1.807) is 4.90 Å². The van der Waals surface area contributed by atoms with Crippen molar-refractivity contribution in [3.8, 4) is 0 Å². The molecule has 3 aromatic rings. The van der Waals surface area contributed by atoms with Crippen LogP contribution in [0.1, 0.15) is 53.5 Å². The van der Waals surface area contributed by atoms with E-state index in [0.29, 0.717) is 19.6 Å². The zero-order valence-electron chi connectivity index (χ0n) is 22.2. The van der Waals surface area contributed by atoms with Gasteiger partial charge in [0, 0.05) is 6.61 Å². The summed E-state index contributed by atoms with van der Waals surface area (Å²) in [5, 5.41) is 12.6. The normalized spacial score (nSPS) is 21.9. The fourth-order valence-electron chi connectivity index (χ4n) is 5.50. The Kier molecular flexibility index (Phi) is 8.12. The van der Waals surface area contributed by atoms with Crippen LogP contribution in [0.3, 0.4) is 0 Å². The molecule has 0 aliphatic carbocycles. The van der Waals surface area contributed by atoms with Crippen molar-refractivity contribution in [2.24, 2.45) is 0 Å². The minimum Gasteiger partial charge on any atom is -0.445 e. The second-order valence-corrected chi connectivity index (χ2v) is 10.5. The number of amides is 1. The first-order chi connectivity index (χ1) is 18.4.